The van der Waals surface area contributed by atoms with E-state index < -0.39 is 0 Å². The monoisotopic (exact) mass is 796 g/mol. The number of fused-ring (bicyclic) bond motifs is 4. The van der Waals surface area contributed by atoms with Crippen molar-refractivity contribution >= 4 is 95.7 Å². The Labute approximate surface area is 349 Å². The SMILES string of the molecule is SCc1cccc(C2=C3C=CC(=N3)C(c3cccc(CS)c3)=C3C=CC(=N3)C(c3cccc(CS)c3)=C3C=CC(=N3)C(c3cccc(CS)c3)=C3C=CC2=N3)c1. The van der Waals surface area contributed by atoms with E-state index in [0.29, 0.717) is 23.0 Å². The summed E-state index contributed by atoms with van der Waals surface area (Å²) in [6, 6.07) is 33.9. The summed E-state index contributed by atoms with van der Waals surface area (Å²) in [6.45, 7) is 0. The summed E-state index contributed by atoms with van der Waals surface area (Å²) in [4.78, 5) is 21.6. The van der Waals surface area contributed by atoms with Crippen molar-refractivity contribution in [2.45, 2.75) is 23.0 Å². The van der Waals surface area contributed by atoms with Crippen molar-refractivity contribution < 1.29 is 0 Å². The number of thiol groups is 4. The summed E-state index contributed by atoms with van der Waals surface area (Å²) < 4.78 is 0. The third-order valence-electron chi connectivity index (χ3n) is 10.2. The average molecular weight is 797 g/mol. The number of allylic oxidation sites excluding steroid dienone is 12. The smallest absolute Gasteiger partial charge is 0.0738 e. The second kappa shape index (κ2) is 15.8. The molecule has 0 atom stereocenters. The van der Waals surface area contributed by atoms with E-state index in [4.69, 9.17) is 20.0 Å². The first-order chi connectivity index (χ1) is 27.5. The Morgan fingerprint density at radius 3 is 0.750 bits per heavy atom. The summed E-state index contributed by atoms with van der Waals surface area (Å²) in [7, 11) is 0. The molecule has 0 saturated carbocycles. The van der Waals surface area contributed by atoms with E-state index in [1.54, 1.807) is 0 Å². The van der Waals surface area contributed by atoms with Crippen LogP contribution in [0.5, 0.6) is 0 Å². The van der Waals surface area contributed by atoms with Crippen molar-refractivity contribution in [1.82, 2.24) is 0 Å². The molecule has 0 fully saturated rings. The van der Waals surface area contributed by atoms with Gasteiger partial charge in [-0.25, -0.2) is 20.0 Å². The highest BCUT2D eigenvalue weighted by molar-refractivity contribution is 7.79. The predicted molar refractivity (Wildman–Crippen MR) is 251 cm³/mol. The Bertz CT molecular complexity index is 2350. The minimum Gasteiger partial charge on any atom is -0.248 e. The van der Waals surface area contributed by atoms with Gasteiger partial charge in [-0.05, 0) is 93.1 Å². The van der Waals surface area contributed by atoms with Gasteiger partial charge in [-0.15, -0.1) is 0 Å². The summed E-state index contributed by atoms with van der Waals surface area (Å²) in [5, 5.41) is 0. The van der Waals surface area contributed by atoms with Gasteiger partial charge < -0.3 is 0 Å². The molecule has 0 amide bonds. The molecule has 0 aromatic heterocycles. The molecular formula is C48H36N4S4. The molecule has 9 rings (SSSR count). The molecule has 8 heteroatoms. The van der Waals surface area contributed by atoms with Crippen molar-refractivity contribution in [3.8, 4) is 0 Å². The van der Waals surface area contributed by atoms with Crippen molar-refractivity contribution in [3.05, 3.63) is 213 Å². The van der Waals surface area contributed by atoms with Gasteiger partial charge in [-0.3, -0.25) is 0 Å². The van der Waals surface area contributed by atoms with Gasteiger partial charge in [-0.1, -0.05) is 97.1 Å². The van der Waals surface area contributed by atoms with E-state index in [1.165, 1.54) is 0 Å². The van der Waals surface area contributed by atoms with E-state index in [-0.39, 0.29) is 0 Å². The van der Waals surface area contributed by atoms with Crippen LogP contribution in [0.25, 0.3) is 22.3 Å². The fourth-order valence-electron chi connectivity index (χ4n) is 7.57. The molecule has 0 radical (unpaired) electrons. The van der Waals surface area contributed by atoms with Gasteiger partial charge in [0.15, 0.2) is 0 Å². The van der Waals surface area contributed by atoms with Crippen LogP contribution in [0.2, 0.25) is 0 Å². The molecule has 5 heterocycles. The van der Waals surface area contributed by atoms with Gasteiger partial charge in [-0.2, -0.15) is 50.5 Å². The zero-order valence-electron chi connectivity index (χ0n) is 30.3. The molecule has 8 bridgehead atoms. The maximum atomic E-state index is 5.41. The quantitative estimate of drug-likeness (QED) is 0.128. The van der Waals surface area contributed by atoms with E-state index >= 15 is 0 Å². The van der Waals surface area contributed by atoms with Gasteiger partial charge in [0.2, 0.25) is 0 Å². The molecular weight excluding hydrogens is 761 g/mol. The summed E-state index contributed by atoms with van der Waals surface area (Å²) in [5.74, 6) is 2.47. The first kappa shape index (κ1) is 36.5. The first-order valence-electron chi connectivity index (χ1n) is 18.4. The fourth-order valence-corrected chi connectivity index (χ4v) is 8.36. The highest BCUT2D eigenvalue weighted by Gasteiger charge is 2.28. The number of rotatable bonds is 8. The number of hydrogen-bond donors (Lipinski definition) is 4. The van der Waals surface area contributed by atoms with Crippen LogP contribution in [0, 0.1) is 0 Å². The number of hydrogen-bond acceptors (Lipinski definition) is 8. The zero-order valence-corrected chi connectivity index (χ0v) is 33.8. The maximum absolute atomic E-state index is 5.41. The zero-order chi connectivity index (χ0) is 38.2. The van der Waals surface area contributed by atoms with Crippen LogP contribution in [-0.4, -0.2) is 22.8 Å². The molecule has 5 aliphatic rings. The van der Waals surface area contributed by atoms with Crippen molar-refractivity contribution in [3.63, 3.8) is 0 Å². The number of benzene rings is 4. The normalized spacial score (nSPS) is 17.1. The van der Waals surface area contributed by atoms with Crippen LogP contribution < -0.4 is 0 Å². The van der Waals surface area contributed by atoms with Crippen LogP contribution in [0.3, 0.4) is 0 Å². The van der Waals surface area contributed by atoms with Crippen LogP contribution in [-0.2, 0) is 23.0 Å². The van der Waals surface area contributed by atoms with Gasteiger partial charge in [0, 0.05) is 45.3 Å². The molecule has 4 aromatic carbocycles. The number of aliphatic imine (C=N–C) groups is 4. The third kappa shape index (κ3) is 6.96. The molecule has 0 N–H and O–H groups in total. The molecule has 4 nitrogen and oxygen atoms in total. The highest BCUT2D eigenvalue weighted by atomic mass is 32.1. The Balaban J connectivity index is 1.37. The summed E-state index contributed by atoms with van der Waals surface area (Å²) >= 11 is 18.5. The van der Waals surface area contributed by atoms with E-state index in [1.807, 2.05) is 0 Å². The van der Waals surface area contributed by atoms with Crippen molar-refractivity contribution in [2.75, 3.05) is 0 Å². The van der Waals surface area contributed by atoms with Crippen LogP contribution in [0.15, 0.2) is 188 Å². The standard InChI is InChI=1S/C48H36N4S4/c53-25-29-5-1-9-33(21-29)45-37-13-15-39(49-37)46(34-10-2-6-30(22-34)26-54)41-17-19-43(51-41)48(36-12-4-8-32(24-36)28-56)44-20-18-42(52-44)47(40-16-14-38(45)50-40)35-11-3-7-31(23-35)27-55/h1-24,53-56H,25-28H2. The molecule has 272 valence electrons. The maximum Gasteiger partial charge on any atom is 0.0738 e. The summed E-state index contributed by atoms with van der Waals surface area (Å²) in [6.07, 6.45) is 16.8. The summed E-state index contributed by atoms with van der Waals surface area (Å²) in [5.41, 5.74) is 18.9. The lowest BCUT2D eigenvalue weighted by Crippen LogP contribution is -2.04. The van der Waals surface area contributed by atoms with Gasteiger partial charge in [0.1, 0.15) is 0 Å². The molecule has 5 aliphatic heterocycles. The van der Waals surface area contributed by atoms with E-state index in [0.717, 1.165) is 112 Å². The molecule has 0 unspecified atom stereocenters. The molecule has 4 aromatic rings. The lowest BCUT2D eigenvalue weighted by molar-refractivity contribution is 1.37. The van der Waals surface area contributed by atoms with Gasteiger partial charge in [0.25, 0.3) is 0 Å². The Morgan fingerprint density at radius 1 is 0.304 bits per heavy atom. The van der Waals surface area contributed by atoms with Crippen molar-refractivity contribution in [1.29, 1.82) is 0 Å². The van der Waals surface area contributed by atoms with Crippen LogP contribution in [0.1, 0.15) is 44.5 Å². The topological polar surface area (TPSA) is 49.4 Å². The Hall–Kier alpha value is -5.12. The minimum absolute atomic E-state index is 0.618. The van der Waals surface area contributed by atoms with E-state index in [9.17, 15) is 0 Å². The second-order valence-electron chi connectivity index (χ2n) is 13.8. The first-order valence-corrected chi connectivity index (χ1v) is 20.9. The molecule has 56 heavy (non-hydrogen) atoms. The van der Waals surface area contributed by atoms with Gasteiger partial charge >= 0.3 is 0 Å². The largest absolute Gasteiger partial charge is 0.248 e. The van der Waals surface area contributed by atoms with Gasteiger partial charge in [0.05, 0.1) is 45.6 Å². The van der Waals surface area contributed by atoms with E-state index in [2.05, 4.69) is 196 Å². The predicted octanol–water partition coefficient (Wildman–Crippen LogP) is 11.4. The molecule has 0 saturated heterocycles. The van der Waals surface area contributed by atoms with Crippen LogP contribution >= 0.6 is 50.5 Å². The Morgan fingerprint density at radius 2 is 0.536 bits per heavy atom. The second-order valence-corrected chi connectivity index (χ2v) is 15.1. The van der Waals surface area contributed by atoms with Crippen LogP contribution in [0.4, 0.5) is 0 Å². The lowest BCUT2D eigenvalue weighted by atomic mass is 9.97. The molecule has 0 spiro atoms. The lowest BCUT2D eigenvalue weighted by Gasteiger charge is -2.14. The minimum atomic E-state index is 0.618. The third-order valence-corrected chi connectivity index (χ3v) is 11.7. The Kier molecular flexibility index (Phi) is 10.3. The molecule has 0 aliphatic carbocycles. The highest BCUT2D eigenvalue weighted by Crippen LogP contribution is 2.39. The van der Waals surface area contributed by atoms with Crippen molar-refractivity contribution in [2.24, 2.45) is 20.0 Å². The number of nitrogens with zero attached hydrogens (tertiary/aromatic N) is 4. The average Bonchev–Trinajstić information content (AvgIpc) is 4.09. The fraction of sp³-hybridized carbons (Fsp3) is 0.0833.